The normalized spacial score (nSPS) is 22.5. The van der Waals surface area contributed by atoms with E-state index in [1.54, 1.807) is 6.07 Å². The van der Waals surface area contributed by atoms with Crippen molar-refractivity contribution < 1.29 is 5.11 Å². The standard InChI is InChI=1S/C19H32N6O.HI/c1-20-19(21-14-16-15-22(2)8-9-23(16)3)25-12-10-24(11-13-25)17-6-4-5-7-18(17)26;/h4-7,16,26H,8-15H2,1-3H3,(H,20,21);1H. The van der Waals surface area contributed by atoms with Crippen LogP contribution in [0.15, 0.2) is 29.3 Å². The van der Waals surface area contributed by atoms with E-state index < -0.39 is 0 Å². The molecule has 1 aromatic carbocycles. The number of hydrogen-bond donors (Lipinski definition) is 2. The molecule has 2 aliphatic heterocycles. The van der Waals surface area contributed by atoms with Crippen molar-refractivity contribution >= 4 is 35.6 Å². The molecule has 8 heteroatoms. The van der Waals surface area contributed by atoms with E-state index in [1.807, 2.05) is 25.2 Å². The quantitative estimate of drug-likeness (QED) is 0.376. The van der Waals surface area contributed by atoms with Crippen LogP contribution in [0, 0.1) is 0 Å². The number of aliphatic imine (C=N–C) groups is 1. The van der Waals surface area contributed by atoms with Crippen LogP contribution in [0.4, 0.5) is 5.69 Å². The largest absolute Gasteiger partial charge is 0.506 e. The van der Waals surface area contributed by atoms with Gasteiger partial charge in [-0.2, -0.15) is 0 Å². The van der Waals surface area contributed by atoms with Gasteiger partial charge in [0.15, 0.2) is 5.96 Å². The Morgan fingerprint density at radius 1 is 1.11 bits per heavy atom. The van der Waals surface area contributed by atoms with Gasteiger partial charge in [-0.1, -0.05) is 12.1 Å². The molecule has 0 saturated carbocycles. The lowest BCUT2D eigenvalue weighted by Gasteiger charge is -2.40. The van der Waals surface area contributed by atoms with Crippen molar-refractivity contribution in [1.82, 2.24) is 20.0 Å². The van der Waals surface area contributed by atoms with E-state index in [0.29, 0.717) is 11.8 Å². The Bertz CT molecular complexity index is 620. The summed E-state index contributed by atoms with van der Waals surface area (Å²) in [4.78, 5) is 13.9. The molecular weight excluding hydrogens is 455 g/mol. The first-order valence-corrected chi connectivity index (χ1v) is 9.46. The van der Waals surface area contributed by atoms with Crippen LogP contribution in [0.1, 0.15) is 0 Å². The molecule has 2 fully saturated rings. The Balaban J connectivity index is 0.00000261. The first-order chi connectivity index (χ1) is 12.6. The summed E-state index contributed by atoms with van der Waals surface area (Å²) >= 11 is 0. The van der Waals surface area contributed by atoms with Gasteiger partial charge < -0.3 is 25.1 Å². The number of nitrogens with one attached hydrogen (secondary N) is 1. The Labute approximate surface area is 180 Å². The second-order valence-electron chi connectivity index (χ2n) is 7.29. The molecule has 27 heavy (non-hydrogen) atoms. The van der Waals surface area contributed by atoms with Crippen LogP contribution in [0.3, 0.4) is 0 Å². The zero-order valence-corrected chi connectivity index (χ0v) is 19.0. The number of hydrogen-bond acceptors (Lipinski definition) is 5. The Kier molecular flexibility index (Phi) is 8.43. The van der Waals surface area contributed by atoms with Crippen molar-refractivity contribution in [3.63, 3.8) is 0 Å². The van der Waals surface area contributed by atoms with Gasteiger partial charge >= 0.3 is 0 Å². The fourth-order valence-corrected chi connectivity index (χ4v) is 3.75. The van der Waals surface area contributed by atoms with Crippen LogP contribution >= 0.6 is 24.0 Å². The second kappa shape index (κ2) is 10.3. The lowest BCUT2D eigenvalue weighted by atomic mass is 10.2. The number of guanidine groups is 1. The van der Waals surface area contributed by atoms with Gasteiger partial charge in [-0.05, 0) is 26.2 Å². The lowest BCUT2D eigenvalue weighted by molar-refractivity contribution is 0.116. The van der Waals surface area contributed by atoms with Crippen molar-refractivity contribution in [2.75, 3.05) is 78.4 Å². The van der Waals surface area contributed by atoms with Gasteiger partial charge in [0.25, 0.3) is 0 Å². The number of likely N-dealkylation sites (N-methyl/N-ethyl adjacent to an activating group) is 2. The van der Waals surface area contributed by atoms with Crippen LogP contribution < -0.4 is 10.2 Å². The summed E-state index contributed by atoms with van der Waals surface area (Å²) in [5, 5.41) is 13.6. The summed E-state index contributed by atoms with van der Waals surface area (Å²) in [6.45, 7) is 7.79. The molecule has 0 aliphatic carbocycles. The minimum Gasteiger partial charge on any atom is -0.506 e. The minimum absolute atomic E-state index is 0. The number of halogens is 1. The molecule has 1 unspecified atom stereocenters. The Morgan fingerprint density at radius 2 is 1.81 bits per heavy atom. The maximum Gasteiger partial charge on any atom is 0.193 e. The Hall–Kier alpha value is -1.26. The summed E-state index contributed by atoms with van der Waals surface area (Å²) in [6.07, 6.45) is 0. The van der Waals surface area contributed by atoms with Crippen molar-refractivity contribution in [2.45, 2.75) is 6.04 Å². The highest BCUT2D eigenvalue weighted by Gasteiger charge is 2.24. The van der Waals surface area contributed by atoms with Crippen LogP contribution in [0.2, 0.25) is 0 Å². The molecule has 0 spiro atoms. The monoisotopic (exact) mass is 488 g/mol. The fourth-order valence-electron chi connectivity index (χ4n) is 3.75. The molecule has 0 aromatic heterocycles. The number of anilines is 1. The third kappa shape index (κ3) is 5.61. The van der Waals surface area contributed by atoms with Gasteiger partial charge in [-0.25, -0.2) is 0 Å². The molecule has 1 atom stereocenters. The summed E-state index contributed by atoms with van der Waals surface area (Å²) in [5.41, 5.74) is 0.918. The molecule has 1 aromatic rings. The third-order valence-corrected chi connectivity index (χ3v) is 5.49. The van der Waals surface area contributed by atoms with E-state index in [4.69, 9.17) is 0 Å². The van der Waals surface area contributed by atoms with Crippen molar-refractivity contribution in [2.24, 2.45) is 4.99 Å². The fraction of sp³-hybridized carbons (Fsp3) is 0.632. The number of phenolic OH excluding ortho intramolecular Hbond substituents is 1. The number of nitrogens with zero attached hydrogens (tertiary/aromatic N) is 5. The van der Waals surface area contributed by atoms with Crippen LogP contribution in [0.25, 0.3) is 0 Å². The number of aromatic hydroxyl groups is 1. The molecule has 0 bridgehead atoms. The molecule has 7 nitrogen and oxygen atoms in total. The van der Waals surface area contributed by atoms with E-state index in [2.05, 4.69) is 44.0 Å². The maximum atomic E-state index is 10.1. The molecule has 3 rings (SSSR count). The van der Waals surface area contributed by atoms with Gasteiger partial charge in [0.2, 0.25) is 0 Å². The Morgan fingerprint density at radius 3 is 2.48 bits per heavy atom. The second-order valence-corrected chi connectivity index (χ2v) is 7.29. The molecular formula is C19H33IN6O. The highest BCUT2D eigenvalue weighted by Crippen LogP contribution is 2.27. The average Bonchev–Trinajstić information content (AvgIpc) is 2.66. The third-order valence-electron chi connectivity index (χ3n) is 5.49. The zero-order valence-electron chi connectivity index (χ0n) is 16.6. The summed E-state index contributed by atoms with van der Waals surface area (Å²) in [7, 11) is 6.24. The van der Waals surface area contributed by atoms with E-state index in [1.165, 1.54) is 0 Å². The van der Waals surface area contributed by atoms with Crippen molar-refractivity contribution in [3.05, 3.63) is 24.3 Å². The van der Waals surface area contributed by atoms with Gasteiger partial charge in [0, 0.05) is 65.4 Å². The molecule has 2 heterocycles. The lowest BCUT2D eigenvalue weighted by Crippen LogP contribution is -2.57. The highest BCUT2D eigenvalue weighted by molar-refractivity contribution is 14.0. The van der Waals surface area contributed by atoms with Crippen molar-refractivity contribution in [3.8, 4) is 5.75 Å². The first-order valence-electron chi connectivity index (χ1n) is 9.46. The molecule has 2 saturated heterocycles. The van der Waals surface area contributed by atoms with Crippen molar-refractivity contribution in [1.29, 1.82) is 0 Å². The van der Waals surface area contributed by atoms with E-state index in [-0.39, 0.29) is 24.0 Å². The predicted molar refractivity (Wildman–Crippen MR) is 123 cm³/mol. The van der Waals surface area contributed by atoms with Gasteiger partial charge in [0.1, 0.15) is 5.75 Å². The molecule has 2 aliphatic rings. The van der Waals surface area contributed by atoms with Gasteiger partial charge in [0.05, 0.1) is 5.69 Å². The number of para-hydroxylation sites is 2. The summed E-state index contributed by atoms with van der Waals surface area (Å²) in [6, 6.07) is 8.07. The average molecular weight is 488 g/mol. The number of phenols is 1. The molecule has 2 N–H and O–H groups in total. The predicted octanol–water partition coefficient (Wildman–Crippen LogP) is 0.953. The molecule has 0 amide bonds. The molecule has 152 valence electrons. The maximum absolute atomic E-state index is 10.1. The van der Waals surface area contributed by atoms with Gasteiger partial charge in [-0.15, -0.1) is 24.0 Å². The van der Waals surface area contributed by atoms with E-state index >= 15 is 0 Å². The summed E-state index contributed by atoms with van der Waals surface area (Å²) < 4.78 is 0. The van der Waals surface area contributed by atoms with Gasteiger partial charge in [-0.3, -0.25) is 9.89 Å². The smallest absolute Gasteiger partial charge is 0.193 e. The topological polar surface area (TPSA) is 57.6 Å². The summed E-state index contributed by atoms with van der Waals surface area (Å²) in [5.74, 6) is 1.33. The number of rotatable bonds is 3. The molecule has 0 radical (unpaired) electrons. The van der Waals surface area contributed by atoms with E-state index in [9.17, 15) is 5.11 Å². The highest BCUT2D eigenvalue weighted by atomic mass is 127. The van der Waals surface area contributed by atoms with E-state index in [0.717, 1.165) is 64.0 Å². The van der Waals surface area contributed by atoms with Crippen LogP contribution in [-0.2, 0) is 0 Å². The zero-order chi connectivity index (χ0) is 18.5. The number of benzene rings is 1. The minimum atomic E-state index is 0. The SMILES string of the molecule is CN=C(NCC1CN(C)CCN1C)N1CCN(c2ccccc2O)CC1.I. The van der Waals surface area contributed by atoms with Crippen LogP contribution in [0.5, 0.6) is 5.75 Å². The first kappa shape index (κ1) is 22.0. The number of piperazine rings is 2. The van der Waals surface area contributed by atoms with Crippen LogP contribution in [-0.4, -0.2) is 105 Å².